The molecule has 4 nitrogen and oxygen atoms in total. The second kappa shape index (κ2) is 5.83. The van der Waals surface area contributed by atoms with E-state index in [1.165, 1.54) is 0 Å². The number of benzene rings is 1. The van der Waals surface area contributed by atoms with Gasteiger partial charge in [-0.25, -0.2) is 4.98 Å². The van der Waals surface area contributed by atoms with Gasteiger partial charge in [0.05, 0.1) is 11.0 Å². The van der Waals surface area contributed by atoms with Crippen LogP contribution in [0.2, 0.25) is 0 Å². The molecule has 0 aliphatic carbocycles. The van der Waals surface area contributed by atoms with E-state index in [1.54, 1.807) is 0 Å². The van der Waals surface area contributed by atoms with Crippen LogP contribution in [-0.4, -0.2) is 22.8 Å². The predicted molar refractivity (Wildman–Crippen MR) is 84.0 cm³/mol. The number of anilines is 1. The van der Waals surface area contributed by atoms with Gasteiger partial charge in [-0.1, -0.05) is 20.8 Å². The van der Waals surface area contributed by atoms with Crippen LogP contribution in [0.25, 0.3) is 11.0 Å². The second-order valence-electron chi connectivity index (χ2n) is 6.14. The average Bonchev–Trinajstić information content (AvgIpc) is 2.72. The van der Waals surface area contributed by atoms with Gasteiger partial charge in [0.15, 0.2) is 0 Å². The fourth-order valence-corrected chi connectivity index (χ4v) is 2.41. The fraction of sp³-hybridized carbons (Fsp3) is 0.562. The van der Waals surface area contributed by atoms with Gasteiger partial charge in [0.2, 0.25) is 0 Å². The van der Waals surface area contributed by atoms with Crippen LogP contribution < -0.4 is 5.73 Å². The Morgan fingerprint density at radius 1 is 1.30 bits per heavy atom. The molecule has 0 fully saturated rings. The van der Waals surface area contributed by atoms with E-state index < -0.39 is 0 Å². The van der Waals surface area contributed by atoms with E-state index in [-0.39, 0.29) is 5.41 Å². The lowest BCUT2D eigenvalue weighted by atomic mass is 9.95. The van der Waals surface area contributed by atoms with Crippen LogP contribution in [-0.2, 0) is 16.7 Å². The first-order chi connectivity index (χ1) is 9.43. The minimum Gasteiger partial charge on any atom is -0.399 e. The summed E-state index contributed by atoms with van der Waals surface area (Å²) < 4.78 is 7.73. The van der Waals surface area contributed by atoms with Crippen LogP contribution >= 0.6 is 0 Å². The van der Waals surface area contributed by atoms with E-state index >= 15 is 0 Å². The molecule has 0 spiro atoms. The zero-order chi connectivity index (χ0) is 14.8. The molecule has 1 aromatic carbocycles. The monoisotopic (exact) mass is 275 g/mol. The van der Waals surface area contributed by atoms with Crippen LogP contribution in [0.4, 0.5) is 5.69 Å². The molecule has 4 heteroatoms. The molecule has 0 atom stereocenters. The first-order valence-electron chi connectivity index (χ1n) is 7.27. The highest BCUT2D eigenvalue weighted by molar-refractivity contribution is 5.79. The van der Waals surface area contributed by atoms with Crippen molar-refractivity contribution in [2.75, 3.05) is 18.9 Å². The molecule has 0 aliphatic rings. The maximum atomic E-state index is 5.86. The first-order valence-corrected chi connectivity index (χ1v) is 7.27. The molecule has 0 saturated carbocycles. The smallest absolute Gasteiger partial charge is 0.115 e. The van der Waals surface area contributed by atoms with Gasteiger partial charge in [-0.05, 0) is 31.5 Å². The third-order valence-corrected chi connectivity index (χ3v) is 3.32. The Kier molecular flexibility index (Phi) is 4.33. The van der Waals surface area contributed by atoms with Gasteiger partial charge >= 0.3 is 0 Å². The van der Waals surface area contributed by atoms with E-state index in [0.29, 0.717) is 0 Å². The number of ether oxygens (including phenoxy) is 1. The molecule has 110 valence electrons. The molecular weight excluding hydrogens is 250 g/mol. The van der Waals surface area contributed by atoms with Crippen LogP contribution in [0, 0.1) is 0 Å². The number of imidazole rings is 1. The molecule has 20 heavy (non-hydrogen) atoms. The van der Waals surface area contributed by atoms with Crippen LogP contribution in [0.1, 0.15) is 39.9 Å². The summed E-state index contributed by atoms with van der Waals surface area (Å²) in [6.07, 6.45) is 0.993. The number of hydrogen-bond donors (Lipinski definition) is 1. The van der Waals surface area contributed by atoms with Crippen molar-refractivity contribution < 1.29 is 4.74 Å². The van der Waals surface area contributed by atoms with E-state index in [0.717, 1.165) is 48.7 Å². The summed E-state index contributed by atoms with van der Waals surface area (Å²) in [4.78, 5) is 4.79. The Balaban J connectivity index is 2.37. The molecular formula is C16H25N3O. The summed E-state index contributed by atoms with van der Waals surface area (Å²) in [5.74, 6) is 1.11. The van der Waals surface area contributed by atoms with Crippen molar-refractivity contribution >= 4 is 16.7 Å². The third-order valence-electron chi connectivity index (χ3n) is 3.32. The summed E-state index contributed by atoms with van der Waals surface area (Å²) >= 11 is 0. The van der Waals surface area contributed by atoms with Crippen molar-refractivity contribution in [3.05, 3.63) is 24.0 Å². The van der Waals surface area contributed by atoms with E-state index in [9.17, 15) is 0 Å². The molecule has 0 unspecified atom stereocenters. The molecule has 1 heterocycles. The highest BCUT2D eigenvalue weighted by atomic mass is 16.5. The average molecular weight is 275 g/mol. The normalized spacial score (nSPS) is 12.2. The predicted octanol–water partition coefficient (Wildman–Crippen LogP) is 3.34. The number of fused-ring (bicyclic) bond motifs is 1. The highest BCUT2D eigenvalue weighted by Gasteiger charge is 2.22. The molecule has 2 aromatic rings. The number of aryl methyl sites for hydroxylation is 1. The maximum Gasteiger partial charge on any atom is 0.115 e. The van der Waals surface area contributed by atoms with Gasteiger partial charge in [-0.15, -0.1) is 0 Å². The molecule has 0 saturated heterocycles. The molecule has 1 aromatic heterocycles. The molecule has 0 amide bonds. The Hall–Kier alpha value is -1.55. The summed E-state index contributed by atoms with van der Waals surface area (Å²) in [6.45, 7) is 11.1. The van der Waals surface area contributed by atoms with Crippen LogP contribution in [0.3, 0.4) is 0 Å². The number of nitrogens with zero attached hydrogens (tertiary/aromatic N) is 2. The summed E-state index contributed by atoms with van der Waals surface area (Å²) in [5.41, 5.74) is 8.77. The Morgan fingerprint density at radius 3 is 2.70 bits per heavy atom. The summed E-state index contributed by atoms with van der Waals surface area (Å²) in [7, 11) is 0. The quantitative estimate of drug-likeness (QED) is 0.672. The van der Waals surface area contributed by atoms with Crippen molar-refractivity contribution in [3.63, 3.8) is 0 Å². The minimum atomic E-state index is 0.0133. The zero-order valence-corrected chi connectivity index (χ0v) is 12.9. The Labute approximate surface area is 120 Å². The lowest BCUT2D eigenvalue weighted by Crippen LogP contribution is -2.19. The Bertz CT molecular complexity index is 581. The Morgan fingerprint density at radius 2 is 2.05 bits per heavy atom. The summed E-state index contributed by atoms with van der Waals surface area (Å²) in [6, 6.07) is 5.95. The standard InChI is InChI=1S/C16H25N3O/c1-5-20-10-6-9-19-14-8-7-12(17)11-13(14)18-15(19)16(2,3)4/h7-8,11H,5-6,9-10,17H2,1-4H3. The molecule has 2 rings (SSSR count). The van der Waals surface area contributed by atoms with E-state index in [2.05, 4.69) is 31.4 Å². The van der Waals surface area contributed by atoms with Crippen molar-refractivity contribution in [2.45, 2.75) is 46.1 Å². The SMILES string of the molecule is CCOCCCn1c(C(C)(C)C)nc2cc(N)ccc21. The zero-order valence-electron chi connectivity index (χ0n) is 12.9. The molecule has 2 N–H and O–H groups in total. The minimum absolute atomic E-state index is 0.0133. The maximum absolute atomic E-state index is 5.86. The second-order valence-corrected chi connectivity index (χ2v) is 6.14. The topological polar surface area (TPSA) is 53.1 Å². The van der Waals surface area contributed by atoms with Crippen LogP contribution in [0.15, 0.2) is 18.2 Å². The van der Waals surface area contributed by atoms with Gasteiger partial charge in [0, 0.05) is 30.9 Å². The third kappa shape index (κ3) is 3.12. The largest absolute Gasteiger partial charge is 0.399 e. The fourth-order valence-electron chi connectivity index (χ4n) is 2.41. The van der Waals surface area contributed by atoms with Gasteiger partial charge in [-0.2, -0.15) is 0 Å². The summed E-state index contributed by atoms with van der Waals surface area (Å²) in [5, 5.41) is 0. The number of rotatable bonds is 5. The lowest BCUT2D eigenvalue weighted by Gasteiger charge is -2.20. The molecule has 0 bridgehead atoms. The first kappa shape index (κ1) is 14.9. The molecule has 0 radical (unpaired) electrons. The van der Waals surface area contributed by atoms with Gasteiger partial charge in [-0.3, -0.25) is 0 Å². The highest BCUT2D eigenvalue weighted by Crippen LogP contribution is 2.27. The number of nitrogens with two attached hydrogens (primary N) is 1. The van der Waals surface area contributed by atoms with E-state index in [1.807, 2.05) is 19.1 Å². The van der Waals surface area contributed by atoms with Crippen LogP contribution in [0.5, 0.6) is 0 Å². The lowest BCUT2D eigenvalue weighted by molar-refractivity contribution is 0.141. The number of hydrogen-bond acceptors (Lipinski definition) is 3. The van der Waals surface area contributed by atoms with Crippen molar-refractivity contribution in [2.24, 2.45) is 0 Å². The van der Waals surface area contributed by atoms with Crippen molar-refractivity contribution in [3.8, 4) is 0 Å². The van der Waals surface area contributed by atoms with Crippen molar-refractivity contribution in [1.82, 2.24) is 9.55 Å². The number of aromatic nitrogens is 2. The molecule has 0 aliphatic heterocycles. The number of nitrogen functional groups attached to an aromatic ring is 1. The van der Waals surface area contributed by atoms with E-state index in [4.69, 9.17) is 15.5 Å². The van der Waals surface area contributed by atoms with Crippen molar-refractivity contribution in [1.29, 1.82) is 0 Å². The van der Waals surface area contributed by atoms with Gasteiger partial charge in [0.1, 0.15) is 5.82 Å². The van der Waals surface area contributed by atoms with Gasteiger partial charge in [0.25, 0.3) is 0 Å². The van der Waals surface area contributed by atoms with Gasteiger partial charge < -0.3 is 15.0 Å².